The van der Waals surface area contributed by atoms with E-state index < -0.39 is 34.1 Å². The molecule has 3 rings (SSSR count). The van der Waals surface area contributed by atoms with Crippen molar-refractivity contribution in [3.05, 3.63) is 68.8 Å². The second kappa shape index (κ2) is 6.63. The first-order chi connectivity index (χ1) is 12.8. The Morgan fingerprint density at radius 3 is 1.30 bits per heavy atom. The number of amides is 4. The highest BCUT2D eigenvalue weighted by molar-refractivity contribution is 6.35. The normalized spacial score (nSPS) is 14.4. The number of hydrogen-bond acceptors (Lipinski definition) is 7. The molecule has 11 nitrogen and oxygen atoms in total. The highest BCUT2D eigenvalue weighted by Crippen LogP contribution is 2.28. The predicted octanol–water partition coefficient (Wildman–Crippen LogP) is 2.39. The van der Waals surface area contributed by atoms with Gasteiger partial charge in [-0.2, -0.15) is 0 Å². The summed E-state index contributed by atoms with van der Waals surface area (Å²) >= 11 is 0. The number of rotatable bonds is 4. The van der Waals surface area contributed by atoms with E-state index in [0.717, 1.165) is 34.1 Å². The Morgan fingerprint density at radius 2 is 1.00 bits per heavy atom. The quantitative estimate of drug-likeness (QED) is 0.456. The number of nitrogens with zero attached hydrogens (tertiary/aromatic N) is 4. The molecule has 11 heteroatoms. The molecule has 27 heavy (non-hydrogen) atoms. The predicted molar refractivity (Wildman–Crippen MR) is 91.2 cm³/mol. The van der Waals surface area contributed by atoms with Gasteiger partial charge in [-0.15, -0.1) is 0 Å². The average molecular weight is 370 g/mol. The molecule has 2 aromatic rings. The number of nitro benzene ring substituents is 2. The van der Waals surface area contributed by atoms with Crippen LogP contribution < -0.4 is 9.80 Å². The van der Waals surface area contributed by atoms with Gasteiger partial charge in [0.25, 0.3) is 11.4 Å². The zero-order valence-electron chi connectivity index (χ0n) is 13.5. The lowest BCUT2D eigenvalue weighted by molar-refractivity contribution is -0.385. The largest absolute Gasteiger partial charge is 0.342 e. The van der Waals surface area contributed by atoms with Gasteiger partial charge in [-0.1, -0.05) is 0 Å². The molecule has 1 heterocycles. The third kappa shape index (κ3) is 3.20. The maximum absolute atomic E-state index is 12.7. The first kappa shape index (κ1) is 17.7. The number of hydrogen-bond donors (Lipinski definition) is 0. The summed E-state index contributed by atoms with van der Waals surface area (Å²) in [7, 11) is 0. The van der Waals surface area contributed by atoms with Gasteiger partial charge in [0.2, 0.25) is 11.8 Å². The molecule has 0 atom stereocenters. The minimum atomic E-state index is -0.973. The standard InChI is InChI=1S/C16H10N4O7/c21-14-9-15(22)18(11-3-7-13(8-4-11)20(26)27)16(23)17(14)10-1-5-12(6-2-10)19(24)25/h1-8H,9H2. The highest BCUT2D eigenvalue weighted by Gasteiger charge is 2.40. The summed E-state index contributed by atoms with van der Waals surface area (Å²) in [5, 5.41) is 21.5. The summed E-state index contributed by atoms with van der Waals surface area (Å²) in [5.74, 6) is -1.56. The molecule has 0 saturated carbocycles. The molecular weight excluding hydrogens is 360 g/mol. The molecule has 4 amide bonds. The molecule has 2 aromatic carbocycles. The number of benzene rings is 2. The third-order valence-electron chi connectivity index (χ3n) is 3.82. The van der Waals surface area contributed by atoms with E-state index in [1.807, 2.05) is 0 Å². The second-order valence-electron chi connectivity index (χ2n) is 5.46. The van der Waals surface area contributed by atoms with Crippen LogP contribution in [-0.4, -0.2) is 27.7 Å². The van der Waals surface area contributed by atoms with E-state index in [1.165, 1.54) is 24.3 Å². The van der Waals surface area contributed by atoms with Gasteiger partial charge < -0.3 is 0 Å². The Morgan fingerprint density at radius 1 is 0.667 bits per heavy atom. The van der Waals surface area contributed by atoms with Crippen molar-refractivity contribution < 1.29 is 24.2 Å². The molecule has 0 aromatic heterocycles. The number of urea groups is 1. The fourth-order valence-corrected chi connectivity index (χ4v) is 2.56. The minimum absolute atomic E-state index is 0.0648. The molecule has 0 bridgehead atoms. The summed E-state index contributed by atoms with van der Waals surface area (Å²) in [6, 6.07) is 8.42. The van der Waals surface area contributed by atoms with Crippen LogP contribution in [0.2, 0.25) is 0 Å². The molecule has 0 N–H and O–H groups in total. The molecule has 0 unspecified atom stereocenters. The van der Waals surface area contributed by atoms with Gasteiger partial charge in [-0.05, 0) is 24.3 Å². The van der Waals surface area contributed by atoms with Gasteiger partial charge in [0.15, 0.2) is 0 Å². The second-order valence-corrected chi connectivity index (χ2v) is 5.46. The van der Waals surface area contributed by atoms with Crippen molar-refractivity contribution in [2.24, 2.45) is 0 Å². The Kier molecular flexibility index (Phi) is 4.34. The van der Waals surface area contributed by atoms with Crippen LogP contribution in [0.1, 0.15) is 6.42 Å². The van der Waals surface area contributed by atoms with E-state index in [0.29, 0.717) is 0 Å². The van der Waals surface area contributed by atoms with Crippen molar-refractivity contribution in [2.75, 3.05) is 9.80 Å². The summed E-state index contributed by atoms with van der Waals surface area (Å²) in [5.41, 5.74) is -0.317. The van der Waals surface area contributed by atoms with Crippen LogP contribution in [0.5, 0.6) is 0 Å². The molecule has 0 radical (unpaired) electrons. The van der Waals surface area contributed by atoms with E-state index >= 15 is 0 Å². The van der Waals surface area contributed by atoms with E-state index in [4.69, 9.17) is 0 Å². The molecule has 1 saturated heterocycles. The van der Waals surface area contributed by atoms with Crippen LogP contribution in [0.4, 0.5) is 27.5 Å². The number of carbonyl (C=O) groups excluding carboxylic acids is 3. The number of non-ortho nitro benzene ring substituents is 2. The van der Waals surface area contributed by atoms with Crippen molar-refractivity contribution in [1.82, 2.24) is 0 Å². The molecule has 0 aliphatic carbocycles. The van der Waals surface area contributed by atoms with Gasteiger partial charge in [0.1, 0.15) is 6.42 Å². The fourth-order valence-electron chi connectivity index (χ4n) is 2.56. The van der Waals surface area contributed by atoms with Crippen LogP contribution in [0.3, 0.4) is 0 Å². The fraction of sp³-hybridized carbons (Fsp3) is 0.0625. The third-order valence-corrected chi connectivity index (χ3v) is 3.82. The van der Waals surface area contributed by atoms with Crippen molar-refractivity contribution in [1.29, 1.82) is 0 Å². The van der Waals surface area contributed by atoms with Crippen LogP contribution in [0, 0.1) is 20.2 Å². The monoisotopic (exact) mass is 370 g/mol. The summed E-state index contributed by atoms with van der Waals surface area (Å²) in [4.78, 5) is 58.8. The number of nitro groups is 2. The molecule has 136 valence electrons. The number of imide groups is 2. The molecule has 0 spiro atoms. The summed E-state index contributed by atoms with van der Waals surface area (Å²) in [6.07, 6.45) is -0.598. The van der Waals surface area contributed by atoms with Gasteiger partial charge in [0, 0.05) is 24.3 Å². The average Bonchev–Trinajstić information content (AvgIpc) is 2.62. The first-order valence-electron chi connectivity index (χ1n) is 7.48. The smallest absolute Gasteiger partial charge is 0.273 e. The molecule has 1 aliphatic heterocycles. The van der Waals surface area contributed by atoms with E-state index in [2.05, 4.69) is 0 Å². The van der Waals surface area contributed by atoms with Crippen LogP contribution in [-0.2, 0) is 9.59 Å². The Labute approximate surface area is 150 Å². The topological polar surface area (TPSA) is 144 Å². The van der Waals surface area contributed by atoms with Crippen molar-refractivity contribution >= 4 is 40.6 Å². The molecular formula is C16H10N4O7. The first-order valence-corrected chi connectivity index (χ1v) is 7.48. The van der Waals surface area contributed by atoms with Gasteiger partial charge in [0.05, 0.1) is 21.2 Å². The Hall–Kier alpha value is -4.15. The molecule has 1 aliphatic rings. The van der Waals surface area contributed by atoms with Crippen LogP contribution in [0.25, 0.3) is 0 Å². The summed E-state index contributed by atoms with van der Waals surface area (Å²) < 4.78 is 0. The van der Waals surface area contributed by atoms with Gasteiger partial charge in [-0.3, -0.25) is 29.8 Å². The van der Waals surface area contributed by atoms with Crippen molar-refractivity contribution in [2.45, 2.75) is 6.42 Å². The van der Waals surface area contributed by atoms with E-state index in [1.54, 1.807) is 0 Å². The van der Waals surface area contributed by atoms with Crippen LogP contribution in [0.15, 0.2) is 48.5 Å². The Bertz CT molecular complexity index is 892. The SMILES string of the molecule is O=C1CC(=O)N(c2ccc([N+](=O)[O-])cc2)C(=O)N1c1ccc([N+](=O)[O-])cc1. The van der Waals surface area contributed by atoms with Gasteiger partial charge >= 0.3 is 6.03 Å². The molecule has 1 fully saturated rings. The lowest BCUT2D eigenvalue weighted by atomic mass is 10.1. The summed E-state index contributed by atoms with van der Waals surface area (Å²) in [6.45, 7) is 0. The Balaban J connectivity index is 1.96. The van der Waals surface area contributed by atoms with Crippen molar-refractivity contribution in [3.8, 4) is 0 Å². The maximum Gasteiger partial charge on any atom is 0.342 e. The zero-order valence-corrected chi connectivity index (χ0v) is 13.5. The maximum atomic E-state index is 12.7. The minimum Gasteiger partial charge on any atom is -0.273 e. The van der Waals surface area contributed by atoms with Crippen molar-refractivity contribution in [3.63, 3.8) is 0 Å². The zero-order chi connectivity index (χ0) is 19.7. The number of carbonyl (C=O) groups is 3. The lowest BCUT2D eigenvalue weighted by Crippen LogP contribution is -2.55. The van der Waals surface area contributed by atoms with Gasteiger partial charge in [-0.25, -0.2) is 14.6 Å². The van der Waals surface area contributed by atoms with E-state index in [9.17, 15) is 34.6 Å². The van der Waals surface area contributed by atoms with Crippen LogP contribution >= 0.6 is 0 Å². The lowest BCUT2D eigenvalue weighted by Gasteiger charge is -2.32. The highest BCUT2D eigenvalue weighted by atomic mass is 16.6. The number of barbiturate groups is 1. The van der Waals surface area contributed by atoms with E-state index in [-0.39, 0.29) is 22.7 Å². The number of anilines is 2.